The van der Waals surface area contributed by atoms with Crippen LogP contribution < -0.4 is 5.32 Å². The molecule has 20 heavy (non-hydrogen) atoms. The first-order valence-corrected chi connectivity index (χ1v) is 6.21. The Balaban J connectivity index is 1.97. The summed E-state index contributed by atoms with van der Waals surface area (Å²) < 4.78 is 12.8. The molecule has 1 atom stereocenters. The molecule has 0 spiro atoms. The van der Waals surface area contributed by atoms with E-state index in [9.17, 15) is 14.3 Å². The predicted octanol–water partition coefficient (Wildman–Crippen LogP) is 1.99. The van der Waals surface area contributed by atoms with Crippen molar-refractivity contribution in [3.05, 3.63) is 65.2 Å². The number of hydrogen-bond acceptors (Lipinski definition) is 3. The second-order valence-electron chi connectivity index (χ2n) is 4.41. The smallest absolute Gasteiger partial charge is 0.253 e. The number of aromatic nitrogens is 1. The molecule has 0 saturated carbocycles. The number of nitrogens with one attached hydrogen (secondary N) is 1. The Kier molecular flexibility index (Phi) is 4.42. The fourth-order valence-corrected chi connectivity index (χ4v) is 1.81. The number of pyridine rings is 1. The SMILES string of the molecule is Cc1ncccc1C(=O)NCC(O)c1ccc(F)cc1. The Hall–Kier alpha value is -2.27. The Labute approximate surface area is 116 Å². The number of aryl methyl sites for hydroxylation is 1. The van der Waals surface area contributed by atoms with E-state index in [1.54, 1.807) is 25.3 Å². The average molecular weight is 274 g/mol. The number of hydrogen-bond donors (Lipinski definition) is 2. The van der Waals surface area contributed by atoms with E-state index < -0.39 is 6.10 Å². The molecule has 1 aromatic heterocycles. The first-order valence-electron chi connectivity index (χ1n) is 6.21. The molecule has 0 radical (unpaired) electrons. The molecule has 0 aliphatic rings. The molecular weight excluding hydrogens is 259 g/mol. The van der Waals surface area contributed by atoms with Gasteiger partial charge in [-0.1, -0.05) is 12.1 Å². The van der Waals surface area contributed by atoms with E-state index in [1.807, 2.05) is 0 Å². The highest BCUT2D eigenvalue weighted by Crippen LogP contribution is 2.12. The molecule has 2 N–H and O–H groups in total. The van der Waals surface area contributed by atoms with Crippen molar-refractivity contribution >= 4 is 5.91 Å². The summed E-state index contributed by atoms with van der Waals surface area (Å²) in [5.74, 6) is -0.660. The van der Waals surface area contributed by atoms with Crippen molar-refractivity contribution in [3.63, 3.8) is 0 Å². The zero-order valence-corrected chi connectivity index (χ0v) is 11.0. The van der Waals surface area contributed by atoms with Gasteiger partial charge in [-0.25, -0.2) is 4.39 Å². The number of rotatable bonds is 4. The van der Waals surface area contributed by atoms with Crippen LogP contribution >= 0.6 is 0 Å². The maximum atomic E-state index is 12.8. The second-order valence-corrected chi connectivity index (χ2v) is 4.41. The molecule has 0 saturated heterocycles. The van der Waals surface area contributed by atoms with Crippen LogP contribution in [0.3, 0.4) is 0 Å². The maximum Gasteiger partial charge on any atom is 0.253 e. The molecule has 2 aromatic rings. The van der Waals surface area contributed by atoms with Gasteiger partial charge in [0.1, 0.15) is 5.82 Å². The molecule has 0 fully saturated rings. The second kappa shape index (κ2) is 6.25. The number of carbonyl (C=O) groups excluding carboxylic acids is 1. The third-order valence-electron chi connectivity index (χ3n) is 2.96. The number of halogens is 1. The Bertz CT molecular complexity index is 599. The van der Waals surface area contributed by atoms with Crippen molar-refractivity contribution in [3.8, 4) is 0 Å². The van der Waals surface area contributed by atoms with E-state index in [0.29, 0.717) is 16.8 Å². The molecule has 1 heterocycles. The minimum Gasteiger partial charge on any atom is -0.387 e. The van der Waals surface area contributed by atoms with Gasteiger partial charge >= 0.3 is 0 Å². The van der Waals surface area contributed by atoms with E-state index >= 15 is 0 Å². The molecule has 104 valence electrons. The number of carbonyl (C=O) groups is 1. The third kappa shape index (κ3) is 3.39. The first-order chi connectivity index (χ1) is 9.58. The highest BCUT2D eigenvalue weighted by atomic mass is 19.1. The van der Waals surface area contributed by atoms with Crippen LogP contribution in [0.15, 0.2) is 42.6 Å². The van der Waals surface area contributed by atoms with Crippen LogP contribution in [0.25, 0.3) is 0 Å². The van der Waals surface area contributed by atoms with Gasteiger partial charge < -0.3 is 10.4 Å². The molecule has 1 unspecified atom stereocenters. The van der Waals surface area contributed by atoms with Crippen molar-refractivity contribution < 1.29 is 14.3 Å². The van der Waals surface area contributed by atoms with Gasteiger partial charge in [0.25, 0.3) is 5.91 Å². The van der Waals surface area contributed by atoms with Crippen molar-refractivity contribution in [2.75, 3.05) is 6.54 Å². The zero-order valence-electron chi connectivity index (χ0n) is 11.0. The molecule has 4 nitrogen and oxygen atoms in total. The van der Waals surface area contributed by atoms with Gasteiger partial charge in [0.05, 0.1) is 11.7 Å². The molecule has 0 bridgehead atoms. The molecule has 0 aliphatic carbocycles. The lowest BCUT2D eigenvalue weighted by molar-refractivity contribution is 0.0915. The molecule has 2 rings (SSSR count). The monoisotopic (exact) mass is 274 g/mol. The maximum absolute atomic E-state index is 12.8. The lowest BCUT2D eigenvalue weighted by Gasteiger charge is -2.12. The molecular formula is C15H15FN2O2. The van der Waals surface area contributed by atoms with Crippen LogP contribution in [0.1, 0.15) is 27.7 Å². The van der Waals surface area contributed by atoms with Gasteiger partial charge in [-0.3, -0.25) is 9.78 Å². The van der Waals surface area contributed by atoms with E-state index in [-0.39, 0.29) is 18.3 Å². The normalized spacial score (nSPS) is 11.9. The van der Waals surface area contributed by atoms with Gasteiger partial charge in [0.15, 0.2) is 0 Å². The van der Waals surface area contributed by atoms with E-state index in [0.717, 1.165) is 0 Å². The quantitative estimate of drug-likeness (QED) is 0.896. The van der Waals surface area contributed by atoms with Crippen molar-refractivity contribution in [1.82, 2.24) is 10.3 Å². The van der Waals surface area contributed by atoms with Crippen LogP contribution in [0, 0.1) is 12.7 Å². The van der Waals surface area contributed by atoms with Crippen molar-refractivity contribution in [2.24, 2.45) is 0 Å². The van der Waals surface area contributed by atoms with Crippen LogP contribution in [0.4, 0.5) is 4.39 Å². The summed E-state index contributed by atoms with van der Waals surface area (Å²) in [6, 6.07) is 8.86. The number of benzene rings is 1. The summed E-state index contributed by atoms with van der Waals surface area (Å²) in [4.78, 5) is 16.0. The van der Waals surface area contributed by atoms with Crippen LogP contribution in [0.5, 0.6) is 0 Å². The van der Waals surface area contributed by atoms with Crippen LogP contribution in [-0.2, 0) is 0 Å². The van der Waals surface area contributed by atoms with Crippen LogP contribution in [-0.4, -0.2) is 22.5 Å². The lowest BCUT2D eigenvalue weighted by atomic mass is 10.1. The standard InChI is InChI=1S/C15H15FN2O2/c1-10-13(3-2-8-17-10)15(20)18-9-14(19)11-4-6-12(16)7-5-11/h2-8,14,19H,9H2,1H3,(H,18,20). The summed E-state index contributed by atoms with van der Waals surface area (Å²) in [6.07, 6.45) is 0.732. The lowest BCUT2D eigenvalue weighted by Crippen LogP contribution is -2.29. The summed E-state index contributed by atoms with van der Waals surface area (Å²) in [7, 11) is 0. The first kappa shape index (κ1) is 14.1. The molecule has 1 aromatic carbocycles. The van der Waals surface area contributed by atoms with Crippen molar-refractivity contribution in [2.45, 2.75) is 13.0 Å². The van der Waals surface area contributed by atoms with E-state index in [1.165, 1.54) is 24.3 Å². The number of amides is 1. The predicted molar refractivity (Wildman–Crippen MR) is 72.7 cm³/mol. The van der Waals surface area contributed by atoms with Gasteiger partial charge in [0, 0.05) is 18.4 Å². The van der Waals surface area contributed by atoms with Gasteiger partial charge in [-0.05, 0) is 36.8 Å². The fraction of sp³-hybridized carbons (Fsp3) is 0.200. The minimum absolute atomic E-state index is 0.0544. The van der Waals surface area contributed by atoms with E-state index in [2.05, 4.69) is 10.3 Å². The molecule has 0 aliphatic heterocycles. The van der Waals surface area contributed by atoms with Gasteiger partial charge in [0.2, 0.25) is 0 Å². The van der Waals surface area contributed by atoms with Crippen LogP contribution in [0.2, 0.25) is 0 Å². The zero-order chi connectivity index (χ0) is 14.5. The number of aliphatic hydroxyl groups excluding tert-OH is 1. The summed E-state index contributed by atoms with van der Waals surface area (Å²) in [5, 5.41) is 12.6. The Morgan fingerprint density at radius 3 is 2.70 bits per heavy atom. The minimum atomic E-state index is -0.878. The summed E-state index contributed by atoms with van der Waals surface area (Å²) in [6.45, 7) is 1.80. The Morgan fingerprint density at radius 1 is 1.35 bits per heavy atom. The number of nitrogens with zero attached hydrogens (tertiary/aromatic N) is 1. The summed E-state index contributed by atoms with van der Waals surface area (Å²) >= 11 is 0. The van der Waals surface area contributed by atoms with Gasteiger partial charge in [-0.15, -0.1) is 0 Å². The highest BCUT2D eigenvalue weighted by molar-refractivity contribution is 5.95. The fourth-order valence-electron chi connectivity index (χ4n) is 1.81. The number of aliphatic hydroxyl groups is 1. The molecule has 5 heteroatoms. The Morgan fingerprint density at radius 2 is 2.05 bits per heavy atom. The van der Waals surface area contributed by atoms with E-state index in [4.69, 9.17) is 0 Å². The topological polar surface area (TPSA) is 62.2 Å². The van der Waals surface area contributed by atoms with Crippen molar-refractivity contribution in [1.29, 1.82) is 0 Å². The summed E-state index contributed by atoms with van der Waals surface area (Å²) in [5.41, 5.74) is 1.65. The molecule has 1 amide bonds. The van der Waals surface area contributed by atoms with Gasteiger partial charge in [-0.2, -0.15) is 0 Å². The third-order valence-corrected chi connectivity index (χ3v) is 2.96. The largest absolute Gasteiger partial charge is 0.387 e. The average Bonchev–Trinajstić information content (AvgIpc) is 2.45. The highest BCUT2D eigenvalue weighted by Gasteiger charge is 2.12.